The summed E-state index contributed by atoms with van der Waals surface area (Å²) in [5.74, 6) is -0.0280. The van der Waals surface area contributed by atoms with E-state index in [1.54, 1.807) is 6.20 Å². The molecule has 3 aromatic rings. The Morgan fingerprint density at radius 2 is 2.07 bits per heavy atom. The third-order valence-electron chi connectivity index (χ3n) is 4.88. The molecule has 1 aliphatic heterocycles. The zero-order valence-electron chi connectivity index (χ0n) is 15.2. The quantitative estimate of drug-likeness (QED) is 0.618. The van der Waals surface area contributed by atoms with Crippen LogP contribution >= 0.6 is 27.3 Å². The molecule has 0 aliphatic carbocycles. The zero-order valence-corrected chi connectivity index (χ0v) is 17.6. The molecule has 1 N–H and O–H groups in total. The molecule has 5 nitrogen and oxygen atoms in total. The van der Waals surface area contributed by atoms with Gasteiger partial charge in [0.15, 0.2) is 0 Å². The molecular formula is C21H20BrN3O2S. The van der Waals surface area contributed by atoms with Crippen molar-refractivity contribution in [3.63, 3.8) is 0 Å². The maximum atomic E-state index is 12.9. The minimum absolute atomic E-state index is 0.0280. The Bertz CT molecular complexity index is 955. The van der Waals surface area contributed by atoms with Crippen LogP contribution in [0.15, 0.2) is 58.5 Å². The molecule has 0 saturated carbocycles. The van der Waals surface area contributed by atoms with E-state index in [4.69, 9.17) is 4.74 Å². The second kappa shape index (κ2) is 8.51. The van der Waals surface area contributed by atoms with E-state index in [1.807, 2.05) is 35.7 Å². The van der Waals surface area contributed by atoms with Crippen LogP contribution in [-0.4, -0.2) is 29.1 Å². The summed E-state index contributed by atoms with van der Waals surface area (Å²) in [6.07, 6.45) is 3.51. The standard InChI is InChI=1S/C21H20BrN3O2S/c22-16-5-3-4-15(12-16)21(7-10-27-11-8-21)25-19(26)13-17-14-28-20(24-17)18-6-1-2-9-23-18/h1-6,9,12,14H,7-8,10-11,13H2,(H,25,26). The first-order valence-electron chi connectivity index (χ1n) is 9.15. The number of rotatable bonds is 5. The van der Waals surface area contributed by atoms with Crippen LogP contribution in [-0.2, 0) is 21.5 Å². The van der Waals surface area contributed by atoms with Crippen LogP contribution in [0.3, 0.4) is 0 Å². The van der Waals surface area contributed by atoms with Gasteiger partial charge >= 0.3 is 0 Å². The Hall–Kier alpha value is -2.09. The number of hydrogen-bond acceptors (Lipinski definition) is 5. The summed E-state index contributed by atoms with van der Waals surface area (Å²) in [5, 5.41) is 6.04. The van der Waals surface area contributed by atoms with E-state index in [-0.39, 0.29) is 12.3 Å². The third kappa shape index (κ3) is 4.32. The summed E-state index contributed by atoms with van der Waals surface area (Å²) in [4.78, 5) is 21.8. The predicted molar refractivity (Wildman–Crippen MR) is 113 cm³/mol. The molecule has 3 heterocycles. The molecule has 28 heavy (non-hydrogen) atoms. The average Bonchev–Trinajstić information content (AvgIpc) is 3.17. The molecule has 0 bridgehead atoms. The Morgan fingerprint density at radius 1 is 1.21 bits per heavy atom. The summed E-state index contributed by atoms with van der Waals surface area (Å²) >= 11 is 5.05. The van der Waals surface area contributed by atoms with E-state index in [1.165, 1.54) is 11.3 Å². The van der Waals surface area contributed by atoms with Crippen LogP contribution in [0.25, 0.3) is 10.7 Å². The van der Waals surface area contributed by atoms with Crippen LogP contribution in [0.1, 0.15) is 24.1 Å². The van der Waals surface area contributed by atoms with Gasteiger partial charge < -0.3 is 10.1 Å². The molecule has 0 unspecified atom stereocenters. The molecule has 0 radical (unpaired) electrons. The fourth-order valence-corrected chi connectivity index (χ4v) is 4.66. The first-order valence-corrected chi connectivity index (χ1v) is 10.8. The molecule has 0 spiro atoms. The van der Waals surface area contributed by atoms with Gasteiger partial charge in [0.05, 0.1) is 23.3 Å². The van der Waals surface area contributed by atoms with E-state index in [0.29, 0.717) is 13.2 Å². The second-order valence-electron chi connectivity index (χ2n) is 6.79. The Morgan fingerprint density at radius 3 is 2.82 bits per heavy atom. The number of aromatic nitrogens is 2. The molecule has 1 aromatic carbocycles. The van der Waals surface area contributed by atoms with Gasteiger partial charge in [-0.25, -0.2) is 4.98 Å². The molecule has 0 atom stereocenters. The maximum absolute atomic E-state index is 12.9. The lowest BCUT2D eigenvalue weighted by Gasteiger charge is -2.38. The highest BCUT2D eigenvalue weighted by atomic mass is 79.9. The molecule has 1 aliphatic rings. The number of hydrogen-bond donors (Lipinski definition) is 1. The van der Waals surface area contributed by atoms with E-state index >= 15 is 0 Å². The summed E-state index contributed by atoms with van der Waals surface area (Å²) in [6.45, 7) is 1.26. The monoisotopic (exact) mass is 457 g/mol. The van der Waals surface area contributed by atoms with Gasteiger partial charge in [0.2, 0.25) is 5.91 Å². The van der Waals surface area contributed by atoms with E-state index < -0.39 is 5.54 Å². The van der Waals surface area contributed by atoms with Crippen LogP contribution in [0.5, 0.6) is 0 Å². The van der Waals surface area contributed by atoms with Crippen LogP contribution in [0.4, 0.5) is 0 Å². The van der Waals surface area contributed by atoms with Crippen molar-refractivity contribution in [3.05, 3.63) is 69.8 Å². The van der Waals surface area contributed by atoms with Crippen LogP contribution in [0.2, 0.25) is 0 Å². The van der Waals surface area contributed by atoms with Crippen molar-refractivity contribution in [2.24, 2.45) is 0 Å². The van der Waals surface area contributed by atoms with Crippen molar-refractivity contribution >= 4 is 33.2 Å². The van der Waals surface area contributed by atoms with Crippen LogP contribution < -0.4 is 5.32 Å². The highest BCUT2D eigenvalue weighted by Crippen LogP contribution is 2.33. The molecule has 144 valence electrons. The van der Waals surface area contributed by atoms with Gasteiger partial charge in [-0.05, 0) is 42.7 Å². The lowest BCUT2D eigenvalue weighted by molar-refractivity contribution is -0.123. The summed E-state index contributed by atoms with van der Waals surface area (Å²) in [7, 11) is 0. The zero-order chi connectivity index (χ0) is 19.4. The van der Waals surface area contributed by atoms with Gasteiger partial charge in [-0.15, -0.1) is 11.3 Å². The first kappa shape index (κ1) is 19.2. The van der Waals surface area contributed by atoms with E-state index in [9.17, 15) is 4.79 Å². The SMILES string of the molecule is O=C(Cc1csc(-c2ccccn2)n1)NC1(c2cccc(Br)c2)CCOCC1. The number of nitrogens with one attached hydrogen (secondary N) is 1. The van der Waals surface area contributed by atoms with E-state index in [0.717, 1.165) is 39.3 Å². The highest BCUT2D eigenvalue weighted by molar-refractivity contribution is 9.10. The minimum atomic E-state index is -0.404. The molecule has 2 aromatic heterocycles. The maximum Gasteiger partial charge on any atom is 0.226 e. The first-order chi connectivity index (χ1) is 13.6. The number of pyridine rings is 1. The molecule has 7 heteroatoms. The number of nitrogens with zero attached hydrogens (tertiary/aromatic N) is 2. The van der Waals surface area contributed by atoms with Gasteiger partial charge in [-0.3, -0.25) is 9.78 Å². The highest BCUT2D eigenvalue weighted by Gasteiger charge is 2.36. The van der Waals surface area contributed by atoms with Crippen LogP contribution in [0, 0.1) is 0 Å². The lowest BCUT2D eigenvalue weighted by atomic mass is 9.82. The molecule has 1 saturated heterocycles. The number of benzene rings is 1. The van der Waals surface area contributed by atoms with Crippen molar-refractivity contribution < 1.29 is 9.53 Å². The van der Waals surface area contributed by atoms with Crippen molar-refractivity contribution in [1.29, 1.82) is 0 Å². The molecule has 4 rings (SSSR count). The van der Waals surface area contributed by atoms with E-state index in [2.05, 4.69) is 43.3 Å². The Balaban J connectivity index is 1.50. The van der Waals surface area contributed by atoms with Crippen molar-refractivity contribution in [2.75, 3.05) is 13.2 Å². The average molecular weight is 458 g/mol. The fourth-order valence-electron chi connectivity index (χ4n) is 3.46. The minimum Gasteiger partial charge on any atom is -0.381 e. The summed E-state index contributed by atoms with van der Waals surface area (Å²) < 4.78 is 6.55. The molecule has 1 fully saturated rings. The number of carbonyl (C=O) groups is 1. The molecular weight excluding hydrogens is 438 g/mol. The topological polar surface area (TPSA) is 64.1 Å². The van der Waals surface area contributed by atoms with Gasteiger partial charge in [0.25, 0.3) is 0 Å². The number of ether oxygens (including phenoxy) is 1. The number of amides is 1. The largest absolute Gasteiger partial charge is 0.381 e. The molecule has 1 amide bonds. The van der Waals surface area contributed by atoms with Gasteiger partial charge in [-0.2, -0.15) is 0 Å². The summed E-state index contributed by atoms with van der Waals surface area (Å²) in [5.41, 5.74) is 2.29. The predicted octanol–water partition coefficient (Wildman–Crippen LogP) is 4.33. The van der Waals surface area contributed by atoms with Crippen molar-refractivity contribution in [1.82, 2.24) is 15.3 Å². The van der Waals surface area contributed by atoms with Gasteiger partial charge in [0.1, 0.15) is 5.01 Å². The Kier molecular flexibility index (Phi) is 5.85. The number of halogens is 1. The van der Waals surface area contributed by atoms with Gasteiger partial charge in [0, 0.05) is 29.3 Å². The smallest absolute Gasteiger partial charge is 0.226 e. The third-order valence-corrected chi connectivity index (χ3v) is 6.29. The Labute approximate surface area is 176 Å². The second-order valence-corrected chi connectivity index (χ2v) is 8.56. The van der Waals surface area contributed by atoms with Crippen molar-refractivity contribution in [2.45, 2.75) is 24.8 Å². The normalized spacial score (nSPS) is 15.9. The lowest BCUT2D eigenvalue weighted by Crippen LogP contribution is -2.50. The van der Waals surface area contributed by atoms with Crippen molar-refractivity contribution in [3.8, 4) is 10.7 Å². The summed E-state index contributed by atoms with van der Waals surface area (Å²) in [6, 6.07) is 13.9. The number of carbonyl (C=O) groups excluding carboxylic acids is 1. The fraction of sp³-hybridized carbons (Fsp3) is 0.286. The van der Waals surface area contributed by atoms with Gasteiger partial charge in [-0.1, -0.05) is 34.1 Å². The number of thiazole rings is 1.